The standard InChI is InChI=1S/Na.H4O7P2.H2O2/c;1-8(2,3)7-9(4,5)6;1-2/h;(H2,1,2,3)(H2,4,5,6);1-2H/q+1;;/p-4. The van der Waals surface area contributed by atoms with Crippen molar-refractivity contribution in [2.24, 2.45) is 0 Å². The van der Waals surface area contributed by atoms with Gasteiger partial charge < -0.3 is 33.0 Å². The van der Waals surface area contributed by atoms with Crippen molar-refractivity contribution in [1.29, 1.82) is 0 Å². The van der Waals surface area contributed by atoms with Crippen molar-refractivity contribution in [3.05, 3.63) is 0 Å². The molecular formula is H2NaO9P2-3. The Hall–Kier alpha value is 1.18. The Labute approximate surface area is 88.7 Å². The van der Waals surface area contributed by atoms with E-state index < -0.39 is 15.6 Å². The average molecular weight is 231 g/mol. The number of hydrogen-bond donors (Lipinski definition) is 2. The summed E-state index contributed by atoms with van der Waals surface area (Å²) in [5.74, 6) is 0. The fourth-order valence-corrected chi connectivity index (χ4v) is 1.10. The van der Waals surface area contributed by atoms with Gasteiger partial charge in [-0.2, -0.15) is 0 Å². The summed E-state index contributed by atoms with van der Waals surface area (Å²) < 4.78 is 21.2. The van der Waals surface area contributed by atoms with Gasteiger partial charge in [0, 0.05) is 0 Å². The van der Waals surface area contributed by atoms with E-state index >= 15 is 0 Å². The van der Waals surface area contributed by atoms with Crippen molar-refractivity contribution in [3.8, 4) is 0 Å². The van der Waals surface area contributed by atoms with Crippen LogP contribution in [0.15, 0.2) is 0 Å². The molecule has 0 heterocycles. The molecule has 9 nitrogen and oxygen atoms in total. The summed E-state index contributed by atoms with van der Waals surface area (Å²) in [4.78, 5) is 37.3. The van der Waals surface area contributed by atoms with Crippen molar-refractivity contribution in [2.75, 3.05) is 0 Å². The van der Waals surface area contributed by atoms with Crippen LogP contribution in [-0.2, 0) is 13.4 Å². The second kappa shape index (κ2) is 7.57. The maximum Gasteiger partial charge on any atom is 1.00 e. The zero-order chi connectivity index (χ0) is 9.71. The minimum atomic E-state index is -5.68. The first-order valence-corrected chi connectivity index (χ1v) is 4.58. The SMILES string of the molecule is O=P([O-])([O-])OP(=O)([O-])[O-].OO.[Na+]. The molecule has 0 rings (SSSR count). The minimum Gasteiger partial charge on any atom is -0.790 e. The molecule has 0 radical (unpaired) electrons. The van der Waals surface area contributed by atoms with E-state index in [9.17, 15) is 28.7 Å². The summed E-state index contributed by atoms with van der Waals surface area (Å²) in [6.45, 7) is 0. The quantitative estimate of drug-likeness (QED) is 0.202. The van der Waals surface area contributed by atoms with Crippen LogP contribution in [0.1, 0.15) is 0 Å². The van der Waals surface area contributed by atoms with Gasteiger partial charge in [-0.25, -0.2) is 0 Å². The van der Waals surface area contributed by atoms with Gasteiger partial charge in [-0.05, 0) is 0 Å². The van der Waals surface area contributed by atoms with Crippen molar-refractivity contribution in [1.82, 2.24) is 0 Å². The third-order valence-electron chi connectivity index (χ3n) is 0.200. The maximum absolute atomic E-state index is 9.32. The second-order valence-corrected chi connectivity index (χ2v) is 3.42. The molecule has 12 heteroatoms. The van der Waals surface area contributed by atoms with Crippen LogP contribution in [0, 0.1) is 0 Å². The van der Waals surface area contributed by atoms with Crippen LogP contribution >= 0.6 is 15.6 Å². The van der Waals surface area contributed by atoms with Gasteiger partial charge in [0.2, 0.25) is 0 Å². The summed E-state index contributed by atoms with van der Waals surface area (Å²) in [6.07, 6.45) is 0. The first-order valence-electron chi connectivity index (χ1n) is 1.66. The third kappa shape index (κ3) is 22.5. The molecule has 0 saturated carbocycles. The molecule has 2 N–H and O–H groups in total. The van der Waals surface area contributed by atoms with Crippen molar-refractivity contribution in [2.45, 2.75) is 0 Å². The zero-order valence-corrected chi connectivity index (χ0v) is 9.44. The summed E-state index contributed by atoms with van der Waals surface area (Å²) in [5, 5.41) is 12.0. The molecule has 0 spiro atoms. The number of hydrogen-bond acceptors (Lipinski definition) is 9. The molecule has 0 unspecified atom stereocenters. The minimum absolute atomic E-state index is 0. The average Bonchev–Trinajstić information content (AvgIpc) is 1.60. The first-order chi connectivity index (χ1) is 4.71. The van der Waals surface area contributed by atoms with E-state index in [4.69, 9.17) is 10.5 Å². The Bertz CT molecular complexity index is 153. The Kier molecular flexibility index (Phi) is 11.9. The van der Waals surface area contributed by atoms with Gasteiger partial charge in [0.1, 0.15) is 0 Å². The Balaban J connectivity index is -0.000000249. The fourth-order valence-electron chi connectivity index (χ4n) is 0.122. The van der Waals surface area contributed by atoms with Crippen molar-refractivity contribution in [3.63, 3.8) is 0 Å². The van der Waals surface area contributed by atoms with E-state index in [0.29, 0.717) is 0 Å². The van der Waals surface area contributed by atoms with Crippen molar-refractivity contribution < 1.29 is 73.1 Å². The molecule has 0 aliphatic rings. The monoisotopic (exact) mass is 231 g/mol. The van der Waals surface area contributed by atoms with E-state index in [1.807, 2.05) is 0 Å². The molecule has 0 aromatic carbocycles. The van der Waals surface area contributed by atoms with Crippen LogP contribution in [-0.4, -0.2) is 10.5 Å². The molecule has 0 saturated heterocycles. The van der Waals surface area contributed by atoms with Crippen LogP contribution in [0.4, 0.5) is 0 Å². The summed E-state index contributed by atoms with van der Waals surface area (Å²) in [5.41, 5.74) is 0. The van der Waals surface area contributed by atoms with Gasteiger partial charge in [-0.1, -0.05) is 0 Å². The molecular weight excluding hydrogens is 229 g/mol. The molecule has 0 aliphatic heterocycles. The number of rotatable bonds is 2. The van der Waals surface area contributed by atoms with Crippen LogP contribution < -0.4 is 49.1 Å². The summed E-state index contributed by atoms with van der Waals surface area (Å²) >= 11 is 0. The van der Waals surface area contributed by atoms with Crippen LogP contribution in [0.2, 0.25) is 0 Å². The smallest absolute Gasteiger partial charge is 0.790 e. The van der Waals surface area contributed by atoms with Crippen LogP contribution in [0.3, 0.4) is 0 Å². The third-order valence-corrected chi connectivity index (χ3v) is 1.80. The van der Waals surface area contributed by atoms with E-state index in [-0.39, 0.29) is 29.6 Å². The van der Waals surface area contributed by atoms with E-state index in [1.54, 1.807) is 0 Å². The molecule has 0 aromatic heterocycles. The predicted octanol–water partition coefficient (Wildman–Crippen LogP) is -6.32. The normalized spacial score (nSPS) is 10.8. The van der Waals surface area contributed by atoms with Gasteiger partial charge in [0.05, 0.1) is 15.6 Å². The fraction of sp³-hybridized carbons (Fsp3) is 0. The predicted molar refractivity (Wildman–Crippen MR) is 21.6 cm³/mol. The molecule has 0 aromatic rings. The topological polar surface area (TPSA) is 176 Å². The van der Waals surface area contributed by atoms with E-state index in [0.717, 1.165) is 0 Å². The largest absolute Gasteiger partial charge is 1.00 e. The second-order valence-electron chi connectivity index (χ2n) is 0.976. The molecule has 70 valence electrons. The molecule has 0 atom stereocenters. The van der Waals surface area contributed by atoms with Crippen LogP contribution in [0.25, 0.3) is 0 Å². The Morgan fingerprint density at radius 2 is 1.08 bits per heavy atom. The molecule has 0 bridgehead atoms. The molecule has 12 heavy (non-hydrogen) atoms. The zero-order valence-electron chi connectivity index (χ0n) is 5.65. The Morgan fingerprint density at radius 1 is 0.917 bits per heavy atom. The Morgan fingerprint density at radius 3 is 1.08 bits per heavy atom. The van der Waals surface area contributed by atoms with Gasteiger partial charge in [0.15, 0.2) is 0 Å². The summed E-state index contributed by atoms with van der Waals surface area (Å²) in [7, 11) is -11.4. The van der Waals surface area contributed by atoms with Crippen LogP contribution in [0.5, 0.6) is 0 Å². The van der Waals surface area contributed by atoms with E-state index in [2.05, 4.69) is 4.31 Å². The van der Waals surface area contributed by atoms with Crippen molar-refractivity contribution >= 4 is 15.6 Å². The van der Waals surface area contributed by atoms with E-state index in [1.165, 1.54) is 0 Å². The molecule has 0 fully saturated rings. The molecule has 0 amide bonds. The first kappa shape index (κ1) is 18.9. The van der Waals surface area contributed by atoms with Gasteiger partial charge in [0.25, 0.3) is 0 Å². The van der Waals surface area contributed by atoms with Gasteiger partial charge >= 0.3 is 29.6 Å². The summed E-state index contributed by atoms with van der Waals surface area (Å²) in [6, 6.07) is 0. The molecule has 0 aliphatic carbocycles. The van der Waals surface area contributed by atoms with Gasteiger partial charge in [-0.3, -0.25) is 10.5 Å². The maximum atomic E-state index is 9.32. The number of phosphoric acid groups is 2. The van der Waals surface area contributed by atoms with Gasteiger partial charge in [-0.15, -0.1) is 0 Å².